The zero-order valence-corrected chi connectivity index (χ0v) is 42.3. The zero-order valence-electron chi connectivity index (χ0n) is 42.3. The molecule has 14 unspecified atom stereocenters. The number of aliphatic hydroxyl groups excluding tert-OH is 1. The molecule has 3 fully saturated rings. The van der Waals surface area contributed by atoms with Gasteiger partial charge in [0.2, 0.25) is 5.79 Å². The summed E-state index contributed by atoms with van der Waals surface area (Å²) in [5.41, 5.74) is 3.80. The van der Waals surface area contributed by atoms with Crippen LogP contribution in [0.4, 0.5) is 5.69 Å². The molecule has 0 spiro atoms. The molecule has 1 saturated carbocycles. The molecule has 14 heteroatoms. The number of carbonyl (C=O) groups excluding carboxylic acids is 4. The van der Waals surface area contributed by atoms with Gasteiger partial charge >= 0.3 is 5.97 Å². The monoisotopic (exact) mass is 958 g/mol. The van der Waals surface area contributed by atoms with Gasteiger partial charge in [-0.1, -0.05) is 50.6 Å². The van der Waals surface area contributed by atoms with Crippen LogP contribution in [-0.2, 0) is 49.4 Å². The van der Waals surface area contributed by atoms with Crippen molar-refractivity contribution in [2.75, 3.05) is 33.2 Å². The molecule has 380 valence electrons. The largest absolute Gasteiger partial charge is 0.456 e. The van der Waals surface area contributed by atoms with Gasteiger partial charge in [-0.15, -0.1) is 13.2 Å². The number of hydrogen-bond donors (Lipinski definition) is 3. The number of rotatable bonds is 11. The number of nitrogens with zero attached hydrogens (tertiary/aromatic N) is 2. The number of carbonyl (C=O) groups is 4. The summed E-state index contributed by atoms with van der Waals surface area (Å²) in [6.07, 6.45) is 10.4. The average molecular weight is 958 g/mol. The fourth-order valence-corrected chi connectivity index (χ4v) is 11.4. The number of methoxy groups -OCH3 is 3. The highest BCUT2D eigenvalue weighted by Gasteiger charge is 2.56. The van der Waals surface area contributed by atoms with E-state index in [1.54, 1.807) is 27.0 Å². The van der Waals surface area contributed by atoms with Crippen LogP contribution in [-0.4, -0.2) is 125 Å². The van der Waals surface area contributed by atoms with Gasteiger partial charge in [-0.25, -0.2) is 4.79 Å². The number of nitrogens with one attached hydrogen (secondary N) is 1. The Morgan fingerprint density at radius 3 is 2.35 bits per heavy atom. The van der Waals surface area contributed by atoms with Gasteiger partial charge in [0, 0.05) is 81.4 Å². The second kappa shape index (κ2) is 24.1. The minimum Gasteiger partial charge on any atom is -0.456 e. The van der Waals surface area contributed by atoms with Gasteiger partial charge in [0.05, 0.1) is 30.5 Å². The second-order valence-electron chi connectivity index (χ2n) is 20.5. The van der Waals surface area contributed by atoms with Crippen molar-refractivity contribution in [1.29, 1.82) is 0 Å². The van der Waals surface area contributed by atoms with E-state index in [1.807, 2.05) is 26.0 Å². The summed E-state index contributed by atoms with van der Waals surface area (Å²) in [5.74, 6) is -7.68. The molecule has 4 heterocycles. The quantitative estimate of drug-likeness (QED) is 0.113. The first kappa shape index (κ1) is 53.9. The molecule has 1 amide bonds. The topological polar surface area (TPSA) is 175 Å². The lowest BCUT2D eigenvalue weighted by molar-refractivity contribution is -0.302. The lowest BCUT2D eigenvalue weighted by Gasteiger charge is -2.47. The first-order valence-electron chi connectivity index (χ1n) is 25.1. The van der Waals surface area contributed by atoms with Crippen molar-refractivity contribution in [3.8, 4) is 0 Å². The molecule has 14 atom stereocenters. The van der Waals surface area contributed by atoms with Crippen molar-refractivity contribution >= 4 is 40.0 Å². The highest BCUT2D eigenvalue weighted by molar-refractivity contribution is 6.39. The number of hydrogen-bond acceptors (Lipinski definition) is 12. The molecule has 0 radical (unpaired) electrons. The van der Waals surface area contributed by atoms with Crippen LogP contribution in [0.5, 0.6) is 0 Å². The number of ether oxygens (including phenoxy) is 5. The number of allylic oxidation sites excluding steroid dienone is 5. The molecule has 14 nitrogen and oxygen atoms in total. The van der Waals surface area contributed by atoms with Crippen LogP contribution >= 0.6 is 0 Å². The Morgan fingerprint density at radius 2 is 1.65 bits per heavy atom. The number of esters is 1. The number of aliphatic hydroxyl groups is 2. The number of benzene rings is 1. The Kier molecular flexibility index (Phi) is 18.8. The lowest BCUT2D eigenvalue weighted by atomic mass is 9.80. The molecule has 1 aromatic heterocycles. The van der Waals surface area contributed by atoms with Crippen LogP contribution in [0.25, 0.3) is 10.9 Å². The van der Waals surface area contributed by atoms with Crippen molar-refractivity contribution in [2.45, 2.75) is 166 Å². The summed E-state index contributed by atoms with van der Waals surface area (Å²) < 4.78 is 32.8. The van der Waals surface area contributed by atoms with Gasteiger partial charge in [-0.05, 0) is 120 Å². The van der Waals surface area contributed by atoms with E-state index in [9.17, 15) is 29.4 Å². The van der Waals surface area contributed by atoms with Crippen LogP contribution in [0.1, 0.15) is 105 Å². The van der Waals surface area contributed by atoms with E-state index < -0.39 is 77.8 Å². The molecule has 4 aliphatic rings. The fourth-order valence-electron chi connectivity index (χ4n) is 11.4. The number of ketones is 2. The van der Waals surface area contributed by atoms with E-state index >= 15 is 0 Å². The molecule has 1 aromatic carbocycles. The molecule has 1 aliphatic carbocycles. The third-order valence-corrected chi connectivity index (χ3v) is 15.4. The number of aromatic nitrogens is 1. The van der Waals surface area contributed by atoms with E-state index in [2.05, 4.69) is 66.5 Å². The predicted molar refractivity (Wildman–Crippen MR) is 266 cm³/mol. The standard InChI is InChI=1S/C55H79N3O11/c1-11-15-40-26-33(3)25-34(4)27-48(66-9)51-49(67-10)29-36(6)55(64,69-51)52(61)53(62)58-23-14-13-16-44(58)54(63)68-50(37(7)45(59)32-46(40)60)35(5)28-38-17-19-42(47(30-38)65-8)56-41-18-20-43-39(31-41)21-24-57(43)22-12-2/h11-12,18,20-21,24,26,28,31,34,36-38,40,42,44-45,47-51,56,59,64H,1-2,13-17,19,22-23,25,27,29-30,32H2,3-10H3/b33-26+,35-28?. The van der Waals surface area contributed by atoms with Crippen LogP contribution < -0.4 is 5.32 Å². The molecular formula is C55H79N3O11. The maximum atomic E-state index is 14.6. The van der Waals surface area contributed by atoms with E-state index in [4.69, 9.17) is 23.7 Å². The third-order valence-electron chi connectivity index (χ3n) is 15.4. The molecule has 69 heavy (non-hydrogen) atoms. The molecule has 3 N–H and O–H groups in total. The molecular weight excluding hydrogens is 879 g/mol. The molecule has 3 aliphatic heterocycles. The first-order chi connectivity index (χ1) is 33.0. The van der Waals surface area contributed by atoms with Crippen molar-refractivity contribution in [1.82, 2.24) is 9.47 Å². The maximum absolute atomic E-state index is 14.6. The van der Waals surface area contributed by atoms with Crippen molar-refractivity contribution < 1.29 is 53.1 Å². The van der Waals surface area contributed by atoms with E-state index in [1.165, 1.54) is 19.1 Å². The molecule has 2 bridgehead atoms. The van der Waals surface area contributed by atoms with Crippen molar-refractivity contribution in [2.24, 2.45) is 29.6 Å². The summed E-state index contributed by atoms with van der Waals surface area (Å²) in [7, 11) is 4.79. The number of amides is 1. The number of Topliss-reactive ketones (excluding diaryl/α,β-unsaturated/α-hetero) is 2. The van der Waals surface area contributed by atoms with E-state index in [-0.39, 0.29) is 55.6 Å². The van der Waals surface area contributed by atoms with Crippen LogP contribution in [0, 0.1) is 29.6 Å². The number of fused-ring (bicyclic) bond motifs is 4. The zero-order chi connectivity index (χ0) is 50.2. The summed E-state index contributed by atoms with van der Waals surface area (Å²) in [6, 6.07) is 7.35. The van der Waals surface area contributed by atoms with Crippen LogP contribution in [0.15, 0.2) is 79.1 Å². The van der Waals surface area contributed by atoms with Gasteiger partial charge in [0.15, 0.2) is 0 Å². The lowest BCUT2D eigenvalue weighted by Crippen LogP contribution is -2.64. The second-order valence-corrected chi connectivity index (χ2v) is 20.5. The van der Waals surface area contributed by atoms with Gasteiger partial charge in [-0.3, -0.25) is 14.4 Å². The Labute approximate surface area is 409 Å². The summed E-state index contributed by atoms with van der Waals surface area (Å²) in [5, 5.41) is 29.0. The Hall–Kier alpha value is -4.44. The minimum absolute atomic E-state index is 0.00561. The Bertz CT molecular complexity index is 2200. The van der Waals surface area contributed by atoms with Crippen LogP contribution in [0.3, 0.4) is 0 Å². The highest BCUT2D eigenvalue weighted by Crippen LogP contribution is 2.40. The molecule has 2 saturated heterocycles. The van der Waals surface area contributed by atoms with Gasteiger partial charge in [-0.2, -0.15) is 0 Å². The summed E-state index contributed by atoms with van der Waals surface area (Å²) in [6.45, 7) is 17.9. The minimum atomic E-state index is -2.52. The number of cyclic esters (lactones) is 1. The van der Waals surface area contributed by atoms with Gasteiger partial charge in [0.25, 0.3) is 11.7 Å². The highest BCUT2D eigenvalue weighted by atomic mass is 16.7. The Balaban J connectivity index is 1.30. The van der Waals surface area contributed by atoms with E-state index in [0.717, 1.165) is 41.5 Å². The summed E-state index contributed by atoms with van der Waals surface area (Å²) >= 11 is 0. The Morgan fingerprint density at radius 1 is 0.928 bits per heavy atom. The fraction of sp³-hybridized carbons (Fsp3) is 0.636. The smallest absolute Gasteiger partial charge is 0.329 e. The van der Waals surface area contributed by atoms with Crippen LogP contribution in [0.2, 0.25) is 0 Å². The van der Waals surface area contributed by atoms with Gasteiger partial charge in [0.1, 0.15) is 24.0 Å². The first-order valence-corrected chi connectivity index (χ1v) is 25.1. The predicted octanol–water partition coefficient (Wildman–Crippen LogP) is 7.90. The van der Waals surface area contributed by atoms with Crippen molar-refractivity contribution in [3.63, 3.8) is 0 Å². The van der Waals surface area contributed by atoms with E-state index in [0.29, 0.717) is 44.1 Å². The summed E-state index contributed by atoms with van der Waals surface area (Å²) in [4.78, 5) is 58.8. The number of piperidine rings is 1. The third kappa shape index (κ3) is 12.5. The molecule has 6 rings (SSSR count). The SMILES string of the molecule is C=CCC1/C=C(\C)CC(C)CC(OC)C2OC(O)(C(=O)C(=O)N3CCCCC3C(=O)OC(C(C)=CC3CCC(Nc4ccc5c(ccn5CC=C)c4)C(OC)C3)C(C)C(O)CC1=O)C(C)CC2OC. The average Bonchev–Trinajstić information content (AvgIpc) is 3.73. The normalized spacial score (nSPS) is 35.9. The number of anilines is 1. The van der Waals surface area contributed by atoms with Gasteiger partial charge < -0.3 is 48.7 Å². The van der Waals surface area contributed by atoms with Crippen molar-refractivity contribution in [3.05, 3.63) is 79.1 Å². The molecule has 2 aromatic rings. The maximum Gasteiger partial charge on any atom is 0.329 e.